The maximum Gasteiger partial charge on any atom is 0.303 e. The van der Waals surface area contributed by atoms with Crippen LogP contribution in [0.4, 0.5) is 0 Å². The van der Waals surface area contributed by atoms with E-state index in [4.69, 9.17) is 5.11 Å². The Morgan fingerprint density at radius 3 is 2.70 bits per heavy atom. The number of rotatable bonds is 10. The molecule has 2 N–H and O–H groups in total. The fourth-order valence-corrected chi connectivity index (χ4v) is 3.48. The first-order valence-corrected chi connectivity index (χ1v) is 9.84. The van der Waals surface area contributed by atoms with Crippen LogP contribution in [0, 0.1) is 35.0 Å². The lowest BCUT2D eigenvalue weighted by Crippen LogP contribution is -2.27. The van der Waals surface area contributed by atoms with Gasteiger partial charge in [0.1, 0.15) is 5.78 Å². The fourth-order valence-electron chi connectivity index (χ4n) is 3.48. The lowest BCUT2D eigenvalue weighted by Gasteiger charge is -2.27. The summed E-state index contributed by atoms with van der Waals surface area (Å²) in [6.45, 7) is 7.87. The van der Waals surface area contributed by atoms with E-state index in [-0.39, 0.29) is 35.4 Å². The molecule has 1 aliphatic rings. The monoisotopic (exact) mass is 374 g/mol. The number of aliphatic hydroxyl groups is 1. The summed E-state index contributed by atoms with van der Waals surface area (Å²) < 4.78 is 0. The number of aliphatic carboxylic acids is 1. The third-order valence-corrected chi connectivity index (χ3v) is 5.41. The first-order valence-electron chi connectivity index (χ1n) is 9.84. The van der Waals surface area contributed by atoms with Crippen LogP contribution in [0.25, 0.3) is 0 Å². The lowest BCUT2D eigenvalue weighted by molar-refractivity contribution is -0.137. The summed E-state index contributed by atoms with van der Waals surface area (Å²) >= 11 is 0. The summed E-state index contributed by atoms with van der Waals surface area (Å²) in [5.41, 5.74) is -0.328. The molecule has 1 aliphatic carbocycles. The van der Waals surface area contributed by atoms with Crippen molar-refractivity contribution < 1.29 is 19.8 Å². The number of carboxylic acids is 1. The van der Waals surface area contributed by atoms with E-state index in [9.17, 15) is 14.7 Å². The summed E-state index contributed by atoms with van der Waals surface area (Å²) in [5.74, 6) is 5.74. The number of Topliss-reactive ketones (excluding diaryl/α,β-unsaturated/α-hetero) is 1. The maximum absolute atomic E-state index is 12.4. The minimum Gasteiger partial charge on any atom is -0.481 e. The van der Waals surface area contributed by atoms with Gasteiger partial charge in [0.25, 0.3) is 0 Å². The molecule has 0 amide bonds. The highest BCUT2D eigenvalue weighted by molar-refractivity contribution is 5.84. The summed E-state index contributed by atoms with van der Waals surface area (Å²) in [6.07, 6.45) is 10.6. The Labute approximate surface area is 163 Å². The summed E-state index contributed by atoms with van der Waals surface area (Å²) in [5, 5.41) is 19.2. The third kappa shape index (κ3) is 7.72. The van der Waals surface area contributed by atoms with Crippen molar-refractivity contribution in [2.75, 3.05) is 0 Å². The second kappa shape index (κ2) is 11.1. The van der Waals surface area contributed by atoms with Crippen LogP contribution >= 0.6 is 0 Å². The Morgan fingerprint density at radius 2 is 2.07 bits per heavy atom. The first kappa shape index (κ1) is 23.2. The van der Waals surface area contributed by atoms with Crippen molar-refractivity contribution >= 4 is 11.8 Å². The second-order valence-electron chi connectivity index (χ2n) is 8.25. The van der Waals surface area contributed by atoms with Crippen LogP contribution < -0.4 is 0 Å². The lowest BCUT2D eigenvalue weighted by atomic mass is 9.81. The molecular weight excluding hydrogens is 340 g/mol. The molecule has 0 aromatic heterocycles. The van der Waals surface area contributed by atoms with Crippen molar-refractivity contribution in [3.63, 3.8) is 0 Å². The fraction of sp³-hybridized carbons (Fsp3) is 0.652. The molecule has 4 nitrogen and oxygen atoms in total. The molecule has 0 heterocycles. The van der Waals surface area contributed by atoms with Gasteiger partial charge in [-0.2, -0.15) is 0 Å². The highest BCUT2D eigenvalue weighted by Crippen LogP contribution is 2.38. The van der Waals surface area contributed by atoms with Gasteiger partial charge in [0.2, 0.25) is 0 Å². The van der Waals surface area contributed by atoms with Crippen LogP contribution in [0.3, 0.4) is 0 Å². The largest absolute Gasteiger partial charge is 0.481 e. The SMILES string of the molecule is CC#CCC(C)(C)[C@H](O)/C=C/[C@H]1[C@H](C)CC(=O)[C@@H]1C/C=C\CCCC(=O)O. The molecule has 4 heteroatoms. The van der Waals surface area contributed by atoms with Gasteiger partial charge in [-0.25, -0.2) is 0 Å². The molecule has 1 rings (SSSR count). The van der Waals surface area contributed by atoms with E-state index in [1.54, 1.807) is 6.92 Å². The molecule has 0 aromatic carbocycles. The zero-order chi connectivity index (χ0) is 20.4. The Morgan fingerprint density at radius 1 is 1.37 bits per heavy atom. The van der Waals surface area contributed by atoms with Crippen molar-refractivity contribution in [3.8, 4) is 11.8 Å². The average molecular weight is 375 g/mol. The smallest absolute Gasteiger partial charge is 0.303 e. The molecule has 27 heavy (non-hydrogen) atoms. The van der Waals surface area contributed by atoms with Gasteiger partial charge in [-0.3, -0.25) is 9.59 Å². The molecule has 1 saturated carbocycles. The summed E-state index contributed by atoms with van der Waals surface area (Å²) in [7, 11) is 0. The minimum absolute atomic E-state index is 0.0577. The van der Waals surface area contributed by atoms with E-state index >= 15 is 0 Å². The molecular formula is C23H34O4. The van der Waals surface area contributed by atoms with Crippen LogP contribution in [-0.2, 0) is 9.59 Å². The predicted octanol–water partition coefficient (Wildman–Crippen LogP) is 4.39. The number of ketones is 1. The van der Waals surface area contributed by atoms with E-state index in [1.807, 2.05) is 38.2 Å². The summed E-state index contributed by atoms with van der Waals surface area (Å²) in [6, 6.07) is 0. The number of unbranched alkanes of at least 4 members (excludes halogenated alkanes) is 1. The molecule has 0 aliphatic heterocycles. The predicted molar refractivity (Wildman–Crippen MR) is 108 cm³/mol. The van der Waals surface area contributed by atoms with Crippen LogP contribution in [0.2, 0.25) is 0 Å². The van der Waals surface area contributed by atoms with Crippen molar-refractivity contribution in [2.24, 2.45) is 23.2 Å². The zero-order valence-electron chi connectivity index (χ0n) is 17.1. The Balaban J connectivity index is 2.67. The van der Waals surface area contributed by atoms with Gasteiger partial charge < -0.3 is 10.2 Å². The number of aliphatic hydroxyl groups excluding tert-OH is 1. The highest BCUT2D eigenvalue weighted by Gasteiger charge is 2.38. The average Bonchev–Trinajstić information content (AvgIpc) is 2.86. The normalized spacial score (nSPS) is 24.3. The Kier molecular flexibility index (Phi) is 9.52. The molecule has 0 unspecified atom stereocenters. The van der Waals surface area contributed by atoms with Gasteiger partial charge in [-0.15, -0.1) is 11.8 Å². The number of hydrogen-bond acceptors (Lipinski definition) is 3. The molecule has 0 aromatic rings. The van der Waals surface area contributed by atoms with Gasteiger partial charge in [0.05, 0.1) is 6.10 Å². The Hall–Kier alpha value is -1.86. The van der Waals surface area contributed by atoms with Crippen molar-refractivity contribution in [1.82, 2.24) is 0 Å². The van der Waals surface area contributed by atoms with Crippen LogP contribution in [0.15, 0.2) is 24.3 Å². The topological polar surface area (TPSA) is 74.6 Å². The van der Waals surface area contributed by atoms with Crippen molar-refractivity contribution in [3.05, 3.63) is 24.3 Å². The van der Waals surface area contributed by atoms with Crippen LogP contribution in [0.1, 0.15) is 66.2 Å². The van der Waals surface area contributed by atoms with Gasteiger partial charge in [-0.05, 0) is 38.0 Å². The number of carbonyl (C=O) groups is 2. The molecule has 0 radical (unpaired) electrons. The zero-order valence-corrected chi connectivity index (χ0v) is 17.1. The molecule has 150 valence electrons. The van der Waals surface area contributed by atoms with Gasteiger partial charge in [0, 0.05) is 30.6 Å². The van der Waals surface area contributed by atoms with E-state index in [2.05, 4.69) is 18.8 Å². The van der Waals surface area contributed by atoms with E-state index in [0.717, 1.165) is 0 Å². The standard InChI is InChI=1S/C23H34O4/c1-5-6-15-23(3,4)21(25)14-13-18-17(2)16-20(24)19(18)11-9-7-8-10-12-22(26)27/h7,9,13-14,17-19,21,25H,8,10-12,15-16H2,1-4H3,(H,26,27)/b9-7-,14-13+/t17-,18+,19-,21-/m1/s1. The maximum atomic E-state index is 12.4. The van der Waals surface area contributed by atoms with Crippen molar-refractivity contribution in [1.29, 1.82) is 0 Å². The quantitative estimate of drug-likeness (QED) is 0.338. The molecule has 1 fully saturated rings. The van der Waals surface area contributed by atoms with E-state index in [0.29, 0.717) is 32.1 Å². The number of carboxylic acid groups (broad SMARTS) is 1. The number of carbonyl (C=O) groups excluding carboxylic acids is 1. The molecule has 4 atom stereocenters. The van der Waals surface area contributed by atoms with Crippen molar-refractivity contribution in [2.45, 2.75) is 72.3 Å². The molecule has 0 spiro atoms. The van der Waals surface area contributed by atoms with Crippen LogP contribution in [-0.4, -0.2) is 28.1 Å². The second-order valence-corrected chi connectivity index (χ2v) is 8.25. The summed E-state index contributed by atoms with van der Waals surface area (Å²) in [4.78, 5) is 22.9. The van der Waals surface area contributed by atoms with E-state index < -0.39 is 12.1 Å². The van der Waals surface area contributed by atoms with E-state index in [1.165, 1.54) is 0 Å². The minimum atomic E-state index is -0.778. The Bertz CT molecular complexity index is 618. The molecule has 0 saturated heterocycles. The third-order valence-electron chi connectivity index (χ3n) is 5.41. The number of allylic oxidation sites excluding steroid dienone is 3. The van der Waals surface area contributed by atoms with Gasteiger partial charge in [-0.1, -0.05) is 45.1 Å². The number of hydrogen-bond donors (Lipinski definition) is 2. The molecule has 0 bridgehead atoms. The first-order chi connectivity index (χ1) is 12.7. The van der Waals surface area contributed by atoms with Gasteiger partial charge in [0.15, 0.2) is 0 Å². The van der Waals surface area contributed by atoms with Crippen LogP contribution in [0.5, 0.6) is 0 Å². The van der Waals surface area contributed by atoms with Gasteiger partial charge >= 0.3 is 5.97 Å². The highest BCUT2D eigenvalue weighted by atomic mass is 16.4.